The second-order valence-electron chi connectivity index (χ2n) is 4.66. The van der Waals surface area contributed by atoms with Crippen molar-refractivity contribution in [3.63, 3.8) is 0 Å². The topological polar surface area (TPSA) is 77.2 Å². The van der Waals surface area contributed by atoms with Crippen LogP contribution >= 0.6 is 11.8 Å². The first-order valence-electron chi connectivity index (χ1n) is 6.33. The summed E-state index contributed by atoms with van der Waals surface area (Å²) in [4.78, 5) is 10.6. The lowest BCUT2D eigenvalue weighted by molar-refractivity contribution is -0.133. The Morgan fingerprint density at radius 3 is 2.79 bits per heavy atom. The van der Waals surface area contributed by atoms with Gasteiger partial charge in [-0.1, -0.05) is 25.6 Å². The fraction of sp³-hybridized carbons (Fsp3) is 0.750. The summed E-state index contributed by atoms with van der Waals surface area (Å²) >= 11 is 1.18. The summed E-state index contributed by atoms with van der Waals surface area (Å²) < 4.78 is 7.44. The Hall–Kier alpha value is -1.08. The third-order valence-corrected chi connectivity index (χ3v) is 3.48. The minimum atomic E-state index is -0.856. The van der Waals surface area contributed by atoms with Crippen LogP contribution in [0.3, 0.4) is 0 Å². The van der Waals surface area contributed by atoms with Gasteiger partial charge in [0.05, 0.1) is 12.4 Å². The van der Waals surface area contributed by atoms with Gasteiger partial charge in [0.2, 0.25) is 0 Å². The zero-order valence-electron chi connectivity index (χ0n) is 11.6. The number of carbonyl (C=O) groups is 1. The molecule has 1 heterocycles. The van der Waals surface area contributed by atoms with Gasteiger partial charge in [0, 0.05) is 13.2 Å². The van der Waals surface area contributed by atoms with E-state index in [0.29, 0.717) is 24.2 Å². The first kappa shape index (κ1) is 16.0. The lowest BCUT2D eigenvalue weighted by atomic mass is 10.1. The van der Waals surface area contributed by atoms with Crippen LogP contribution in [0.25, 0.3) is 0 Å². The van der Waals surface area contributed by atoms with Crippen molar-refractivity contribution < 1.29 is 14.6 Å². The highest BCUT2D eigenvalue weighted by atomic mass is 32.2. The first-order valence-corrected chi connectivity index (χ1v) is 7.31. The Labute approximate surface area is 117 Å². The van der Waals surface area contributed by atoms with Gasteiger partial charge in [-0.15, -0.1) is 10.2 Å². The predicted octanol–water partition coefficient (Wildman–Crippen LogP) is 1.83. The van der Waals surface area contributed by atoms with Crippen LogP contribution in [0, 0.1) is 12.8 Å². The summed E-state index contributed by atoms with van der Waals surface area (Å²) in [5.74, 6) is 0.552. The fourth-order valence-corrected chi connectivity index (χ4v) is 2.16. The standard InChI is InChI=1S/C12H21N3O3S/c1-9(2)4-6-18-7-5-15-10(3)13-14-12(15)19-8-11(16)17/h9H,4-8H2,1-3H3,(H,16,17). The molecule has 0 radical (unpaired) electrons. The minimum Gasteiger partial charge on any atom is -0.481 e. The molecule has 0 amide bonds. The molecule has 7 heteroatoms. The number of aromatic nitrogens is 3. The van der Waals surface area contributed by atoms with Gasteiger partial charge in [-0.25, -0.2) is 0 Å². The van der Waals surface area contributed by atoms with Crippen LogP contribution in [0.15, 0.2) is 5.16 Å². The zero-order valence-corrected chi connectivity index (χ0v) is 12.4. The third-order valence-electron chi connectivity index (χ3n) is 2.53. The van der Waals surface area contributed by atoms with Gasteiger partial charge in [0.15, 0.2) is 5.16 Å². The quantitative estimate of drug-likeness (QED) is 0.551. The van der Waals surface area contributed by atoms with Crippen molar-refractivity contribution in [1.29, 1.82) is 0 Å². The third kappa shape index (κ3) is 6.07. The largest absolute Gasteiger partial charge is 0.481 e. The molecule has 0 bridgehead atoms. The Morgan fingerprint density at radius 1 is 1.42 bits per heavy atom. The number of carboxylic acids is 1. The molecule has 6 nitrogen and oxygen atoms in total. The van der Waals surface area contributed by atoms with Crippen molar-refractivity contribution in [3.05, 3.63) is 5.82 Å². The molecule has 0 unspecified atom stereocenters. The van der Waals surface area contributed by atoms with E-state index in [-0.39, 0.29) is 5.75 Å². The lowest BCUT2D eigenvalue weighted by Gasteiger charge is -2.09. The molecule has 0 fully saturated rings. The van der Waals surface area contributed by atoms with E-state index in [2.05, 4.69) is 24.0 Å². The Morgan fingerprint density at radius 2 is 2.16 bits per heavy atom. The smallest absolute Gasteiger partial charge is 0.313 e. The number of thioether (sulfide) groups is 1. The minimum absolute atomic E-state index is 0.00760. The molecule has 0 aliphatic carbocycles. The number of hydrogen-bond donors (Lipinski definition) is 1. The summed E-state index contributed by atoms with van der Waals surface area (Å²) in [6, 6.07) is 0. The Bertz CT molecular complexity index is 407. The van der Waals surface area contributed by atoms with Crippen LogP contribution in [0.1, 0.15) is 26.1 Å². The highest BCUT2D eigenvalue weighted by Crippen LogP contribution is 2.16. The molecule has 0 saturated carbocycles. The average molecular weight is 287 g/mol. The maximum Gasteiger partial charge on any atom is 0.313 e. The SMILES string of the molecule is Cc1nnc(SCC(=O)O)n1CCOCCC(C)C. The van der Waals surface area contributed by atoms with Crippen molar-refractivity contribution in [2.75, 3.05) is 19.0 Å². The highest BCUT2D eigenvalue weighted by molar-refractivity contribution is 7.99. The molecular weight excluding hydrogens is 266 g/mol. The summed E-state index contributed by atoms with van der Waals surface area (Å²) in [6.07, 6.45) is 1.04. The van der Waals surface area contributed by atoms with Crippen molar-refractivity contribution in [3.8, 4) is 0 Å². The molecule has 0 atom stereocenters. The van der Waals surface area contributed by atoms with E-state index in [1.807, 2.05) is 11.5 Å². The highest BCUT2D eigenvalue weighted by Gasteiger charge is 2.10. The molecular formula is C12H21N3O3S. The van der Waals surface area contributed by atoms with Crippen LogP contribution < -0.4 is 0 Å². The van der Waals surface area contributed by atoms with Crippen LogP contribution in [0.2, 0.25) is 0 Å². The molecule has 1 N–H and O–H groups in total. The molecule has 108 valence electrons. The van der Waals surface area contributed by atoms with Gasteiger partial charge in [-0.2, -0.15) is 0 Å². The van der Waals surface area contributed by atoms with E-state index < -0.39 is 5.97 Å². The number of nitrogens with zero attached hydrogens (tertiary/aromatic N) is 3. The van der Waals surface area contributed by atoms with Gasteiger partial charge >= 0.3 is 5.97 Å². The van der Waals surface area contributed by atoms with Crippen molar-refractivity contribution in [2.45, 2.75) is 38.9 Å². The number of aryl methyl sites for hydroxylation is 1. The second-order valence-corrected chi connectivity index (χ2v) is 5.60. The number of hydrogen-bond acceptors (Lipinski definition) is 5. The summed E-state index contributed by atoms with van der Waals surface area (Å²) in [5.41, 5.74) is 0. The second kappa shape index (κ2) is 8.16. The maximum absolute atomic E-state index is 10.6. The van der Waals surface area contributed by atoms with Gasteiger partial charge in [0.1, 0.15) is 5.82 Å². The van der Waals surface area contributed by atoms with Crippen molar-refractivity contribution in [2.24, 2.45) is 5.92 Å². The van der Waals surface area contributed by atoms with Gasteiger partial charge in [-0.05, 0) is 19.3 Å². The number of ether oxygens (including phenoxy) is 1. The number of carboxylic acid groups (broad SMARTS) is 1. The van der Waals surface area contributed by atoms with Crippen molar-refractivity contribution >= 4 is 17.7 Å². The molecule has 0 spiro atoms. The van der Waals surface area contributed by atoms with E-state index in [1.165, 1.54) is 11.8 Å². The molecule has 1 aromatic heterocycles. The summed E-state index contributed by atoms with van der Waals surface area (Å²) in [5, 5.41) is 17.2. The van der Waals surface area contributed by atoms with E-state index in [0.717, 1.165) is 18.9 Å². The fourth-order valence-electron chi connectivity index (χ4n) is 1.43. The van der Waals surface area contributed by atoms with E-state index in [4.69, 9.17) is 9.84 Å². The van der Waals surface area contributed by atoms with Crippen LogP contribution in [0.5, 0.6) is 0 Å². The molecule has 0 saturated heterocycles. The van der Waals surface area contributed by atoms with E-state index in [9.17, 15) is 4.79 Å². The van der Waals surface area contributed by atoms with Crippen molar-refractivity contribution in [1.82, 2.24) is 14.8 Å². The van der Waals surface area contributed by atoms with Crippen LogP contribution in [-0.4, -0.2) is 44.8 Å². The van der Waals surface area contributed by atoms with E-state index >= 15 is 0 Å². The van der Waals surface area contributed by atoms with Crippen LogP contribution in [0.4, 0.5) is 0 Å². The summed E-state index contributed by atoms with van der Waals surface area (Å²) in [6.45, 7) is 8.16. The summed E-state index contributed by atoms with van der Waals surface area (Å²) in [7, 11) is 0. The molecule has 0 aliphatic rings. The first-order chi connectivity index (χ1) is 9.00. The Balaban J connectivity index is 2.39. The molecule has 0 aliphatic heterocycles. The lowest BCUT2D eigenvalue weighted by Crippen LogP contribution is -2.11. The maximum atomic E-state index is 10.6. The zero-order chi connectivity index (χ0) is 14.3. The monoisotopic (exact) mass is 287 g/mol. The molecule has 19 heavy (non-hydrogen) atoms. The van der Waals surface area contributed by atoms with Crippen LogP contribution in [-0.2, 0) is 16.1 Å². The number of aliphatic carboxylic acids is 1. The molecule has 1 aromatic rings. The van der Waals surface area contributed by atoms with Gasteiger partial charge < -0.3 is 14.4 Å². The molecule has 1 rings (SSSR count). The molecule has 0 aromatic carbocycles. The number of rotatable bonds is 9. The normalized spacial score (nSPS) is 11.2. The Kier molecular flexibility index (Phi) is 6.86. The average Bonchev–Trinajstić information content (AvgIpc) is 2.67. The van der Waals surface area contributed by atoms with E-state index in [1.54, 1.807) is 0 Å². The predicted molar refractivity (Wildman–Crippen MR) is 73.4 cm³/mol. The van der Waals surface area contributed by atoms with Gasteiger partial charge in [0.25, 0.3) is 0 Å². The van der Waals surface area contributed by atoms with Gasteiger partial charge in [-0.3, -0.25) is 4.79 Å².